The van der Waals surface area contributed by atoms with Gasteiger partial charge in [-0.25, -0.2) is 9.18 Å². The molecule has 1 heterocycles. The van der Waals surface area contributed by atoms with Crippen LogP contribution < -0.4 is 10.6 Å². The van der Waals surface area contributed by atoms with E-state index in [-0.39, 0.29) is 17.9 Å². The first-order chi connectivity index (χ1) is 9.72. The Morgan fingerprint density at radius 3 is 3.10 bits per heavy atom. The zero-order valence-corrected chi connectivity index (χ0v) is 10.9. The Labute approximate surface area is 116 Å². The standard InChI is InChI=1S/C15H15FN2O2/c16-11-4-5-13-10(8-11)3-6-14(13)18-15(19)17-9-12-2-1-7-20-12/h1-2,4-5,7-8,14H,3,6,9H2,(H2,17,18,19)/t14-/m0/s1. The molecular weight excluding hydrogens is 259 g/mol. The molecule has 0 fully saturated rings. The number of urea groups is 1. The molecule has 2 amide bonds. The minimum Gasteiger partial charge on any atom is -0.467 e. The molecule has 0 saturated heterocycles. The van der Waals surface area contributed by atoms with Gasteiger partial charge in [-0.05, 0) is 48.2 Å². The molecule has 5 heteroatoms. The molecule has 0 bridgehead atoms. The molecule has 4 nitrogen and oxygen atoms in total. The van der Waals surface area contributed by atoms with Gasteiger partial charge in [-0.3, -0.25) is 0 Å². The average molecular weight is 274 g/mol. The predicted octanol–water partition coefficient (Wildman–Crippen LogP) is 2.91. The molecule has 20 heavy (non-hydrogen) atoms. The zero-order chi connectivity index (χ0) is 13.9. The van der Waals surface area contributed by atoms with Crippen LogP contribution in [-0.4, -0.2) is 6.03 Å². The van der Waals surface area contributed by atoms with Crippen molar-refractivity contribution in [3.8, 4) is 0 Å². The maximum atomic E-state index is 13.1. The Balaban J connectivity index is 1.58. The normalized spacial score (nSPS) is 16.8. The fourth-order valence-corrected chi connectivity index (χ4v) is 2.53. The van der Waals surface area contributed by atoms with Crippen molar-refractivity contribution >= 4 is 6.03 Å². The highest BCUT2D eigenvalue weighted by Gasteiger charge is 2.24. The highest BCUT2D eigenvalue weighted by molar-refractivity contribution is 5.74. The van der Waals surface area contributed by atoms with E-state index in [1.165, 1.54) is 12.1 Å². The molecule has 1 aliphatic carbocycles. The molecule has 1 aromatic carbocycles. The number of carbonyl (C=O) groups is 1. The molecule has 0 radical (unpaired) electrons. The first-order valence-corrected chi connectivity index (χ1v) is 6.57. The van der Waals surface area contributed by atoms with Crippen LogP contribution in [0.5, 0.6) is 0 Å². The highest BCUT2D eigenvalue weighted by atomic mass is 19.1. The lowest BCUT2D eigenvalue weighted by atomic mass is 10.1. The summed E-state index contributed by atoms with van der Waals surface area (Å²) in [6, 6.07) is 7.99. The van der Waals surface area contributed by atoms with Gasteiger partial charge >= 0.3 is 6.03 Å². The predicted molar refractivity (Wildman–Crippen MR) is 71.5 cm³/mol. The van der Waals surface area contributed by atoms with Crippen molar-refractivity contribution in [1.82, 2.24) is 10.6 Å². The van der Waals surface area contributed by atoms with Crippen molar-refractivity contribution in [2.45, 2.75) is 25.4 Å². The molecule has 1 aromatic heterocycles. The smallest absolute Gasteiger partial charge is 0.315 e. The third kappa shape index (κ3) is 2.66. The van der Waals surface area contributed by atoms with E-state index in [0.717, 1.165) is 24.0 Å². The number of furan rings is 1. The number of rotatable bonds is 3. The van der Waals surface area contributed by atoms with Crippen LogP contribution in [0.4, 0.5) is 9.18 Å². The number of halogens is 1. The molecule has 104 valence electrons. The fourth-order valence-electron chi connectivity index (χ4n) is 2.53. The number of amides is 2. The first kappa shape index (κ1) is 12.7. The van der Waals surface area contributed by atoms with E-state index >= 15 is 0 Å². The Morgan fingerprint density at radius 1 is 1.40 bits per heavy atom. The third-order valence-corrected chi connectivity index (χ3v) is 3.49. The van der Waals surface area contributed by atoms with Crippen molar-refractivity contribution in [2.24, 2.45) is 0 Å². The summed E-state index contributed by atoms with van der Waals surface area (Å²) >= 11 is 0. The Hall–Kier alpha value is -2.30. The van der Waals surface area contributed by atoms with Crippen molar-refractivity contribution in [3.05, 3.63) is 59.3 Å². The lowest BCUT2D eigenvalue weighted by molar-refractivity contribution is 0.235. The molecule has 0 spiro atoms. The SMILES string of the molecule is O=C(NCc1ccco1)N[C@H]1CCc2cc(F)ccc21. The molecule has 2 N–H and O–H groups in total. The lowest BCUT2D eigenvalue weighted by Gasteiger charge is -2.14. The second-order valence-corrected chi connectivity index (χ2v) is 4.84. The van der Waals surface area contributed by atoms with Gasteiger partial charge in [-0.15, -0.1) is 0 Å². The summed E-state index contributed by atoms with van der Waals surface area (Å²) in [6.07, 6.45) is 3.15. The lowest BCUT2D eigenvalue weighted by Crippen LogP contribution is -2.36. The van der Waals surface area contributed by atoms with Crippen molar-refractivity contribution in [1.29, 1.82) is 0 Å². The van der Waals surface area contributed by atoms with E-state index in [0.29, 0.717) is 12.3 Å². The zero-order valence-electron chi connectivity index (χ0n) is 10.9. The number of hydrogen-bond donors (Lipinski definition) is 2. The van der Waals surface area contributed by atoms with E-state index in [9.17, 15) is 9.18 Å². The van der Waals surface area contributed by atoms with Crippen molar-refractivity contribution in [3.63, 3.8) is 0 Å². The molecule has 0 aliphatic heterocycles. The molecule has 3 rings (SSSR count). The van der Waals surface area contributed by atoms with Crippen LogP contribution in [0.1, 0.15) is 29.3 Å². The summed E-state index contributed by atoms with van der Waals surface area (Å²) in [6.45, 7) is 0.349. The van der Waals surface area contributed by atoms with Gasteiger partial charge in [-0.1, -0.05) is 6.07 Å². The van der Waals surface area contributed by atoms with E-state index in [4.69, 9.17) is 4.42 Å². The molecule has 0 unspecified atom stereocenters. The van der Waals surface area contributed by atoms with E-state index in [1.807, 2.05) is 0 Å². The number of carbonyl (C=O) groups excluding carboxylic acids is 1. The van der Waals surface area contributed by atoms with Gasteiger partial charge in [0.1, 0.15) is 11.6 Å². The van der Waals surface area contributed by atoms with Crippen LogP contribution in [0.15, 0.2) is 41.0 Å². The van der Waals surface area contributed by atoms with Gasteiger partial charge in [0.25, 0.3) is 0 Å². The summed E-state index contributed by atoms with van der Waals surface area (Å²) in [5.74, 6) is 0.473. The van der Waals surface area contributed by atoms with Crippen LogP contribution in [0.3, 0.4) is 0 Å². The van der Waals surface area contributed by atoms with E-state index in [1.54, 1.807) is 24.5 Å². The third-order valence-electron chi connectivity index (χ3n) is 3.49. The topological polar surface area (TPSA) is 54.3 Å². The highest BCUT2D eigenvalue weighted by Crippen LogP contribution is 2.31. The fraction of sp³-hybridized carbons (Fsp3) is 0.267. The number of nitrogens with one attached hydrogen (secondary N) is 2. The number of fused-ring (bicyclic) bond motifs is 1. The number of aryl methyl sites for hydroxylation is 1. The van der Waals surface area contributed by atoms with Gasteiger partial charge in [0.15, 0.2) is 0 Å². The van der Waals surface area contributed by atoms with Crippen LogP contribution in [0, 0.1) is 5.82 Å². The van der Waals surface area contributed by atoms with Crippen LogP contribution in [-0.2, 0) is 13.0 Å². The summed E-state index contributed by atoms with van der Waals surface area (Å²) in [7, 11) is 0. The summed E-state index contributed by atoms with van der Waals surface area (Å²) in [4.78, 5) is 11.8. The largest absolute Gasteiger partial charge is 0.467 e. The molecule has 0 saturated carbocycles. The Kier molecular flexibility index (Phi) is 3.41. The Morgan fingerprint density at radius 2 is 2.30 bits per heavy atom. The molecule has 1 atom stereocenters. The van der Waals surface area contributed by atoms with Crippen molar-refractivity contribution in [2.75, 3.05) is 0 Å². The van der Waals surface area contributed by atoms with Gasteiger partial charge in [0.05, 0.1) is 18.8 Å². The summed E-state index contributed by atoms with van der Waals surface area (Å²) in [5, 5.41) is 5.64. The van der Waals surface area contributed by atoms with Crippen LogP contribution >= 0.6 is 0 Å². The maximum Gasteiger partial charge on any atom is 0.315 e. The minimum absolute atomic E-state index is 0.0535. The van der Waals surface area contributed by atoms with Crippen LogP contribution in [0.25, 0.3) is 0 Å². The van der Waals surface area contributed by atoms with E-state index < -0.39 is 0 Å². The average Bonchev–Trinajstić information content (AvgIpc) is 3.06. The van der Waals surface area contributed by atoms with Crippen LogP contribution in [0.2, 0.25) is 0 Å². The molecule has 2 aromatic rings. The second-order valence-electron chi connectivity index (χ2n) is 4.84. The first-order valence-electron chi connectivity index (χ1n) is 6.57. The van der Waals surface area contributed by atoms with Crippen molar-refractivity contribution < 1.29 is 13.6 Å². The number of hydrogen-bond acceptors (Lipinski definition) is 2. The number of benzene rings is 1. The maximum absolute atomic E-state index is 13.1. The molecule has 1 aliphatic rings. The quantitative estimate of drug-likeness (QED) is 0.904. The van der Waals surface area contributed by atoms with Gasteiger partial charge in [0.2, 0.25) is 0 Å². The van der Waals surface area contributed by atoms with E-state index in [2.05, 4.69) is 10.6 Å². The monoisotopic (exact) mass is 274 g/mol. The van der Waals surface area contributed by atoms with Gasteiger partial charge in [0, 0.05) is 0 Å². The van der Waals surface area contributed by atoms with Gasteiger partial charge < -0.3 is 15.1 Å². The van der Waals surface area contributed by atoms with Gasteiger partial charge in [-0.2, -0.15) is 0 Å². The Bertz CT molecular complexity index is 610. The summed E-state index contributed by atoms with van der Waals surface area (Å²) < 4.78 is 18.3. The second kappa shape index (κ2) is 5.36. The molecular formula is C15H15FN2O2. The summed E-state index contributed by atoms with van der Waals surface area (Å²) in [5.41, 5.74) is 1.97. The minimum atomic E-state index is -0.247.